The Balaban J connectivity index is 1.98. The fourth-order valence-corrected chi connectivity index (χ4v) is 1.25. The molecule has 15 heavy (non-hydrogen) atoms. The molecule has 4 nitrogen and oxygen atoms in total. The Kier molecular flexibility index (Phi) is 2.88. The van der Waals surface area contributed by atoms with Gasteiger partial charge in [-0.25, -0.2) is 0 Å². The molecular formula is C11H12N2O2. The summed E-state index contributed by atoms with van der Waals surface area (Å²) in [7, 11) is 1.65. The third kappa shape index (κ3) is 2.49. The largest absolute Gasteiger partial charge is 0.497 e. The van der Waals surface area contributed by atoms with Gasteiger partial charge in [-0.2, -0.15) is 0 Å². The van der Waals surface area contributed by atoms with E-state index in [2.05, 4.69) is 10.5 Å². The number of rotatable bonds is 4. The first-order valence-electron chi connectivity index (χ1n) is 4.64. The van der Waals surface area contributed by atoms with E-state index < -0.39 is 0 Å². The number of methoxy groups -OCH3 is 1. The molecule has 0 aliphatic heterocycles. The summed E-state index contributed by atoms with van der Waals surface area (Å²) in [6.45, 7) is 0.691. The molecule has 0 aliphatic rings. The van der Waals surface area contributed by atoms with E-state index in [1.54, 1.807) is 19.6 Å². The highest BCUT2D eigenvalue weighted by molar-refractivity contribution is 5.48. The molecule has 0 amide bonds. The van der Waals surface area contributed by atoms with Crippen molar-refractivity contribution in [2.45, 2.75) is 6.54 Å². The topological polar surface area (TPSA) is 47.3 Å². The average molecular weight is 204 g/mol. The summed E-state index contributed by atoms with van der Waals surface area (Å²) in [4.78, 5) is 0. The van der Waals surface area contributed by atoms with Gasteiger partial charge in [0, 0.05) is 23.9 Å². The molecule has 1 heterocycles. The molecule has 0 atom stereocenters. The fourth-order valence-electron chi connectivity index (χ4n) is 1.25. The lowest BCUT2D eigenvalue weighted by atomic mass is 10.3. The lowest BCUT2D eigenvalue weighted by Gasteiger charge is -2.06. The van der Waals surface area contributed by atoms with Crippen molar-refractivity contribution in [1.29, 1.82) is 0 Å². The Labute approximate surface area is 87.8 Å². The summed E-state index contributed by atoms with van der Waals surface area (Å²) in [6.07, 6.45) is 3.31. The molecule has 2 aromatic rings. The van der Waals surface area contributed by atoms with Crippen LogP contribution in [0, 0.1) is 0 Å². The summed E-state index contributed by atoms with van der Waals surface area (Å²) in [6, 6.07) is 7.77. The quantitative estimate of drug-likeness (QED) is 0.830. The van der Waals surface area contributed by atoms with Gasteiger partial charge in [-0.05, 0) is 12.1 Å². The third-order valence-corrected chi connectivity index (χ3v) is 2.05. The summed E-state index contributed by atoms with van der Waals surface area (Å²) in [5, 5.41) is 6.87. The van der Waals surface area contributed by atoms with Crippen LogP contribution < -0.4 is 10.1 Å². The van der Waals surface area contributed by atoms with E-state index in [9.17, 15) is 0 Å². The molecule has 0 aliphatic carbocycles. The second-order valence-electron chi connectivity index (χ2n) is 3.12. The van der Waals surface area contributed by atoms with Gasteiger partial charge >= 0.3 is 0 Å². The van der Waals surface area contributed by atoms with Crippen LogP contribution in [0.4, 0.5) is 5.69 Å². The molecule has 78 valence electrons. The maximum Gasteiger partial charge on any atom is 0.128 e. The number of aromatic nitrogens is 1. The molecule has 2 rings (SSSR count). The van der Waals surface area contributed by atoms with Gasteiger partial charge in [-0.1, -0.05) is 11.2 Å². The predicted octanol–water partition coefficient (Wildman–Crippen LogP) is 2.30. The van der Waals surface area contributed by atoms with E-state index in [-0.39, 0.29) is 0 Å². The van der Waals surface area contributed by atoms with E-state index in [0.717, 1.165) is 17.0 Å². The zero-order chi connectivity index (χ0) is 10.5. The lowest BCUT2D eigenvalue weighted by Crippen LogP contribution is -1.98. The molecule has 0 bridgehead atoms. The van der Waals surface area contributed by atoms with Crippen LogP contribution in [0.3, 0.4) is 0 Å². The van der Waals surface area contributed by atoms with E-state index in [4.69, 9.17) is 9.26 Å². The minimum Gasteiger partial charge on any atom is -0.497 e. The van der Waals surface area contributed by atoms with Gasteiger partial charge in [0.05, 0.1) is 13.3 Å². The number of ether oxygens (including phenoxy) is 1. The number of nitrogens with one attached hydrogen (secondary N) is 1. The van der Waals surface area contributed by atoms with Gasteiger partial charge in [0.25, 0.3) is 0 Å². The second-order valence-corrected chi connectivity index (χ2v) is 3.12. The van der Waals surface area contributed by atoms with Gasteiger partial charge < -0.3 is 14.6 Å². The minimum atomic E-state index is 0.691. The number of benzene rings is 1. The highest BCUT2D eigenvalue weighted by Crippen LogP contribution is 2.17. The molecule has 0 unspecified atom stereocenters. The van der Waals surface area contributed by atoms with Gasteiger partial charge in [0.1, 0.15) is 12.0 Å². The maximum atomic E-state index is 5.12. The van der Waals surface area contributed by atoms with Crippen molar-refractivity contribution >= 4 is 5.69 Å². The zero-order valence-electron chi connectivity index (χ0n) is 8.43. The van der Waals surface area contributed by atoms with Crippen molar-refractivity contribution in [1.82, 2.24) is 5.16 Å². The first kappa shape index (κ1) is 9.58. The third-order valence-electron chi connectivity index (χ3n) is 2.05. The fraction of sp³-hybridized carbons (Fsp3) is 0.182. The van der Waals surface area contributed by atoms with Gasteiger partial charge in [0.2, 0.25) is 0 Å². The van der Waals surface area contributed by atoms with E-state index in [0.29, 0.717) is 6.54 Å². The summed E-state index contributed by atoms with van der Waals surface area (Å²) in [5.41, 5.74) is 2.02. The van der Waals surface area contributed by atoms with Crippen molar-refractivity contribution in [2.75, 3.05) is 12.4 Å². The minimum absolute atomic E-state index is 0.691. The number of hydrogen-bond acceptors (Lipinski definition) is 4. The van der Waals surface area contributed by atoms with Crippen LogP contribution in [-0.2, 0) is 6.54 Å². The standard InChI is InChI=1S/C11H12N2O2/c1-14-11-4-2-3-10(5-11)12-6-9-7-13-15-8-9/h2-5,7-8,12H,6H2,1H3. The Morgan fingerprint density at radius 3 is 3.13 bits per heavy atom. The molecule has 0 saturated heterocycles. The monoisotopic (exact) mass is 204 g/mol. The molecule has 1 aromatic carbocycles. The zero-order valence-corrected chi connectivity index (χ0v) is 8.43. The maximum absolute atomic E-state index is 5.12. The number of nitrogens with zero attached hydrogens (tertiary/aromatic N) is 1. The van der Waals surface area contributed by atoms with Crippen LogP contribution in [0.5, 0.6) is 5.75 Å². The van der Waals surface area contributed by atoms with Crippen molar-refractivity contribution in [3.63, 3.8) is 0 Å². The molecule has 4 heteroatoms. The van der Waals surface area contributed by atoms with Gasteiger partial charge in [0.15, 0.2) is 0 Å². The number of hydrogen-bond donors (Lipinski definition) is 1. The second kappa shape index (κ2) is 4.50. The molecular weight excluding hydrogens is 192 g/mol. The predicted molar refractivity (Wildman–Crippen MR) is 56.8 cm³/mol. The van der Waals surface area contributed by atoms with Crippen molar-refractivity contribution in [3.8, 4) is 5.75 Å². The highest BCUT2D eigenvalue weighted by atomic mass is 16.5. The molecule has 1 aromatic heterocycles. The molecule has 0 spiro atoms. The smallest absolute Gasteiger partial charge is 0.128 e. The molecule has 0 saturated carbocycles. The van der Waals surface area contributed by atoms with Crippen LogP contribution in [0.15, 0.2) is 41.2 Å². The van der Waals surface area contributed by atoms with Crippen molar-refractivity contribution in [3.05, 3.63) is 42.3 Å². The Hall–Kier alpha value is -1.97. The Bertz CT molecular complexity index is 412. The normalized spacial score (nSPS) is 9.93. The first-order valence-corrected chi connectivity index (χ1v) is 4.64. The van der Waals surface area contributed by atoms with Gasteiger partial charge in [-0.15, -0.1) is 0 Å². The van der Waals surface area contributed by atoms with Crippen LogP contribution in [-0.4, -0.2) is 12.3 Å². The SMILES string of the molecule is COc1cccc(NCc2cnoc2)c1. The van der Waals surface area contributed by atoms with E-state index >= 15 is 0 Å². The highest BCUT2D eigenvalue weighted by Gasteiger charge is 1.97. The van der Waals surface area contributed by atoms with Crippen LogP contribution in [0.25, 0.3) is 0 Å². The Morgan fingerprint density at radius 1 is 1.47 bits per heavy atom. The van der Waals surface area contributed by atoms with Crippen LogP contribution in [0.1, 0.15) is 5.56 Å². The van der Waals surface area contributed by atoms with Crippen LogP contribution >= 0.6 is 0 Å². The molecule has 0 fully saturated rings. The average Bonchev–Trinajstić information content (AvgIpc) is 2.79. The lowest BCUT2D eigenvalue weighted by molar-refractivity contribution is 0.415. The van der Waals surface area contributed by atoms with E-state index in [1.807, 2.05) is 24.3 Å². The summed E-state index contributed by atoms with van der Waals surface area (Å²) in [5.74, 6) is 0.838. The summed E-state index contributed by atoms with van der Waals surface area (Å²) >= 11 is 0. The summed E-state index contributed by atoms with van der Waals surface area (Å²) < 4.78 is 9.85. The van der Waals surface area contributed by atoms with Crippen molar-refractivity contribution < 1.29 is 9.26 Å². The van der Waals surface area contributed by atoms with Gasteiger partial charge in [-0.3, -0.25) is 0 Å². The Morgan fingerprint density at radius 2 is 2.40 bits per heavy atom. The molecule has 0 radical (unpaired) electrons. The van der Waals surface area contributed by atoms with Crippen molar-refractivity contribution in [2.24, 2.45) is 0 Å². The van der Waals surface area contributed by atoms with Crippen LogP contribution in [0.2, 0.25) is 0 Å². The molecule has 1 N–H and O–H groups in total. The number of anilines is 1. The first-order chi connectivity index (χ1) is 7.38. The van der Waals surface area contributed by atoms with E-state index in [1.165, 1.54) is 0 Å².